The average molecular weight is 348 g/mol. The van der Waals surface area contributed by atoms with Crippen LogP contribution < -0.4 is 9.47 Å². The van der Waals surface area contributed by atoms with E-state index in [0.717, 1.165) is 5.56 Å². The average Bonchev–Trinajstić information content (AvgIpc) is 2.67. The van der Waals surface area contributed by atoms with Crippen molar-refractivity contribution in [3.05, 3.63) is 102 Å². The Kier molecular flexibility index (Phi) is 5.78. The summed E-state index contributed by atoms with van der Waals surface area (Å²) in [5, 5.41) is 0. The van der Waals surface area contributed by atoms with Crippen LogP contribution in [0.1, 0.15) is 11.1 Å². The Morgan fingerprint density at radius 2 is 1.54 bits per heavy atom. The quantitative estimate of drug-likeness (QED) is 0.356. The molecule has 0 aliphatic carbocycles. The number of para-hydroxylation sites is 1. The van der Waals surface area contributed by atoms with E-state index in [0.29, 0.717) is 17.1 Å². The SMILES string of the molecule is O=C(/C=C/c1ccc(OCc2ccccc2F)cc1)Oc1ccccc1. The van der Waals surface area contributed by atoms with Crippen LogP contribution in [0.4, 0.5) is 4.39 Å². The van der Waals surface area contributed by atoms with Gasteiger partial charge in [0.05, 0.1) is 0 Å². The fourth-order valence-corrected chi connectivity index (χ4v) is 2.25. The number of hydrogen-bond acceptors (Lipinski definition) is 3. The molecule has 0 amide bonds. The van der Waals surface area contributed by atoms with Crippen molar-refractivity contribution in [3.8, 4) is 11.5 Å². The lowest BCUT2D eigenvalue weighted by Crippen LogP contribution is -2.03. The molecule has 3 aromatic carbocycles. The van der Waals surface area contributed by atoms with Crippen LogP contribution in [0.2, 0.25) is 0 Å². The van der Waals surface area contributed by atoms with E-state index >= 15 is 0 Å². The summed E-state index contributed by atoms with van der Waals surface area (Å²) in [6, 6.07) is 22.5. The third-order valence-corrected chi connectivity index (χ3v) is 3.61. The Labute approximate surface area is 151 Å². The van der Waals surface area contributed by atoms with Crippen LogP contribution in [0, 0.1) is 5.82 Å². The summed E-state index contributed by atoms with van der Waals surface area (Å²) in [6.07, 6.45) is 3.02. The lowest BCUT2D eigenvalue weighted by atomic mass is 10.2. The second-order valence-electron chi connectivity index (χ2n) is 5.52. The first-order valence-electron chi connectivity index (χ1n) is 8.12. The van der Waals surface area contributed by atoms with Crippen molar-refractivity contribution >= 4 is 12.0 Å². The lowest BCUT2D eigenvalue weighted by Gasteiger charge is -2.07. The number of benzene rings is 3. The van der Waals surface area contributed by atoms with Crippen LogP contribution in [0.25, 0.3) is 6.08 Å². The zero-order chi connectivity index (χ0) is 18.2. The van der Waals surface area contributed by atoms with Gasteiger partial charge in [0, 0.05) is 11.6 Å². The smallest absolute Gasteiger partial charge is 0.336 e. The van der Waals surface area contributed by atoms with Crippen LogP contribution >= 0.6 is 0 Å². The molecule has 0 aliphatic rings. The van der Waals surface area contributed by atoms with Crippen molar-refractivity contribution in [3.63, 3.8) is 0 Å². The van der Waals surface area contributed by atoms with Gasteiger partial charge in [-0.3, -0.25) is 0 Å². The second kappa shape index (κ2) is 8.62. The van der Waals surface area contributed by atoms with Gasteiger partial charge in [-0.05, 0) is 42.0 Å². The summed E-state index contributed by atoms with van der Waals surface area (Å²) in [6.45, 7) is 0.158. The highest BCUT2D eigenvalue weighted by Gasteiger charge is 2.02. The molecule has 0 saturated carbocycles. The van der Waals surface area contributed by atoms with E-state index in [2.05, 4.69) is 0 Å². The maximum atomic E-state index is 13.6. The Balaban J connectivity index is 1.54. The minimum Gasteiger partial charge on any atom is -0.489 e. The lowest BCUT2D eigenvalue weighted by molar-refractivity contribution is -0.128. The minimum absolute atomic E-state index is 0.158. The predicted octanol–water partition coefficient (Wildman–Crippen LogP) is 5.02. The highest BCUT2D eigenvalue weighted by atomic mass is 19.1. The van der Waals surface area contributed by atoms with E-state index in [1.54, 1.807) is 60.7 Å². The highest BCUT2D eigenvalue weighted by molar-refractivity contribution is 5.88. The number of hydrogen-bond donors (Lipinski definition) is 0. The van der Waals surface area contributed by atoms with Gasteiger partial charge in [-0.2, -0.15) is 0 Å². The molecule has 0 radical (unpaired) electrons. The minimum atomic E-state index is -0.448. The van der Waals surface area contributed by atoms with Crippen LogP contribution in [0.15, 0.2) is 84.9 Å². The van der Waals surface area contributed by atoms with Crippen LogP contribution in [0.5, 0.6) is 11.5 Å². The molecule has 130 valence electrons. The molecule has 3 rings (SSSR count). The Morgan fingerprint density at radius 1 is 0.846 bits per heavy atom. The van der Waals surface area contributed by atoms with Gasteiger partial charge in [-0.15, -0.1) is 0 Å². The Morgan fingerprint density at radius 3 is 2.27 bits per heavy atom. The Bertz CT molecular complexity index is 887. The van der Waals surface area contributed by atoms with E-state index in [-0.39, 0.29) is 12.4 Å². The molecule has 26 heavy (non-hydrogen) atoms. The standard InChI is InChI=1S/C22H17FO3/c23-21-9-5-4-6-18(21)16-25-19-13-10-17(11-14-19)12-15-22(24)26-20-7-2-1-3-8-20/h1-15H,16H2/b15-12+. The van der Waals surface area contributed by atoms with Crippen molar-refractivity contribution in [2.24, 2.45) is 0 Å². The fourth-order valence-electron chi connectivity index (χ4n) is 2.25. The zero-order valence-electron chi connectivity index (χ0n) is 14.0. The van der Waals surface area contributed by atoms with E-state index in [9.17, 15) is 9.18 Å². The fraction of sp³-hybridized carbons (Fsp3) is 0.0455. The third kappa shape index (κ3) is 5.05. The maximum Gasteiger partial charge on any atom is 0.336 e. The van der Waals surface area contributed by atoms with Crippen molar-refractivity contribution in [1.82, 2.24) is 0 Å². The first kappa shape index (κ1) is 17.4. The number of esters is 1. The summed E-state index contributed by atoms with van der Waals surface area (Å²) in [7, 11) is 0. The molecule has 0 aliphatic heterocycles. The number of ether oxygens (including phenoxy) is 2. The third-order valence-electron chi connectivity index (χ3n) is 3.61. The molecule has 3 aromatic rings. The van der Waals surface area contributed by atoms with Gasteiger partial charge < -0.3 is 9.47 Å². The normalized spacial score (nSPS) is 10.7. The van der Waals surface area contributed by atoms with Gasteiger partial charge in [0.15, 0.2) is 0 Å². The highest BCUT2D eigenvalue weighted by Crippen LogP contribution is 2.16. The maximum absolute atomic E-state index is 13.6. The van der Waals surface area contributed by atoms with Gasteiger partial charge in [-0.1, -0.05) is 48.5 Å². The van der Waals surface area contributed by atoms with E-state index < -0.39 is 5.97 Å². The summed E-state index contributed by atoms with van der Waals surface area (Å²) in [5.74, 6) is 0.386. The van der Waals surface area contributed by atoms with Gasteiger partial charge in [0.2, 0.25) is 0 Å². The van der Waals surface area contributed by atoms with Crippen LogP contribution in [-0.2, 0) is 11.4 Å². The van der Waals surface area contributed by atoms with Crippen LogP contribution in [0.3, 0.4) is 0 Å². The van der Waals surface area contributed by atoms with E-state index in [4.69, 9.17) is 9.47 Å². The summed E-state index contributed by atoms with van der Waals surface area (Å²) in [5.41, 5.74) is 1.33. The zero-order valence-corrected chi connectivity index (χ0v) is 14.0. The largest absolute Gasteiger partial charge is 0.489 e. The number of halogens is 1. The molecule has 4 heteroatoms. The molecular formula is C22H17FO3. The summed E-state index contributed by atoms with van der Waals surface area (Å²) < 4.78 is 24.3. The van der Waals surface area contributed by atoms with Gasteiger partial charge in [-0.25, -0.2) is 9.18 Å². The topological polar surface area (TPSA) is 35.5 Å². The monoisotopic (exact) mass is 348 g/mol. The number of carbonyl (C=O) groups excluding carboxylic acids is 1. The van der Waals surface area contributed by atoms with Crippen molar-refractivity contribution in [2.75, 3.05) is 0 Å². The van der Waals surface area contributed by atoms with Crippen molar-refractivity contribution < 1.29 is 18.7 Å². The molecule has 0 unspecified atom stereocenters. The van der Waals surface area contributed by atoms with Gasteiger partial charge in [0.1, 0.15) is 23.9 Å². The molecule has 0 N–H and O–H groups in total. The second-order valence-corrected chi connectivity index (χ2v) is 5.52. The van der Waals surface area contributed by atoms with Crippen LogP contribution in [-0.4, -0.2) is 5.97 Å². The molecule has 0 saturated heterocycles. The van der Waals surface area contributed by atoms with Crippen molar-refractivity contribution in [2.45, 2.75) is 6.61 Å². The van der Waals surface area contributed by atoms with E-state index in [1.165, 1.54) is 12.1 Å². The molecule has 0 atom stereocenters. The molecule has 0 aromatic heterocycles. The summed E-state index contributed by atoms with van der Waals surface area (Å²) >= 11 is 0. The van der Waals surface area contributed by atoms with Gasteiger partial charge >= 0.3 is 5.97 Å². The number of rotatable bonds is 6. The molecule has 3 nitrogen and oxygen atoms in total. The predicted molar refractivity (Wildman–Crippen MR) is 98.3 cm³/mol. The molecule has 0 fully saturated rings. The molecule has 0 bridgehead atoms. The molecule has 0 spiro atoms. The molecular weight excluding hydrogens is 331 g/mol. The molecule has 0 heterocycles. The first-order chi connectivity index (χ1) is 12.7. The Hall–Kier alpha value is -3.40. The summed E-state index contributed by atoms with van der Waals surface area (Å²) in [4.78, 5) is 11.8. The van der Waals surface area contributed by atoms with Crippen molar-refractivity contribution in [1.29, 1.82) is 0 Å². The number of carbonyl (C=O) groups is 1. The first-order valence-corrected chi connectivity index (χ1v) is 8.12. The van der Waals surface area contributed by atoms with E-state index in [1.807, 2.05) is 18.2 Å². The van der Waals surface area contributed by atoms with Gasteiger partial charge in [0.25, 0.3) is 0 Å².